The summed E-state index contributed by atoms with van der Waals surface area (Å²) in [4.78, 5) is 23.5. The molecule has 3 aromatic rings. The van der Waals surface area contributed by atoms with Gasteiger partial charge in [-0.3, -0.25) is 4.98 Å². The van der Waals surface area contributed by atoms with Gasteiger partial charge < -0.3 is 9.64 Å². The predicted octanol–water partition coefficient (Wildman–Crippen LogP) is 2.66. The predicted molar refractivity (Wildman–Crippen MR) is 110 cm³/mol. The number of anilines is 1. The van der Waals surface area contributed by atoms with E-state index >= 15 is 0 Å². The molecule has 5 rings (SSSR count). The maximum absolute atomic E-state index is 13.1. The van der Waals surface area contributed by atoms with Crippen molar-refractivity contribution in [3.8, 4) is 0 Å². The molecule has 0 bridgehead atoms. The zero-order chi connectivity index (χ0) is 22.6. The summed E-state index contributed by atoms with van der Waals surface area (Å²) in [6.45, 7) is 5.58. The van der Waals surface area contributed by atoms with Crippen LogP contribution >= 0.6 is 0 Å². The minimum Gasteiger partial charge on any atom is -0.376 e. The minimum atomic E-state index is -4.44. The van der Waals surface area contributed by atoms with Crippen LogP contribution in [0.25, 0.3) is 5.78 Å². The molecule has 0 aromatic carbocycles. The Bertz CT molecular complexity index is 1240. The fourth-order valence-corrected chi connectivity index (χ4v) is 4.44. The summed E-state index contributed by atoms with van der Waals surface area (Å²) < 4.78 is 47.9. The van der Waals surface area contributed by atoms with Gasteiger partial charge in [-0.2, -0.15) is 18.2 Å². The number of hydrogen-bond acceptors (Lipinski definition) is 6. The molecule has 1 saturated heterocycles. The van der Waals surface area contributed by atoms with E-state index in [0.29, 0.717) is 48.9 Å². The first-order chi connectivity index (χ1) is 15.2. The van der Waals surface area contributed by atoms with Gasteiger partial charge in [0.2, 0.25) is 0 Å². The molecular formula is C21H23F3N6O2. The molecule has 2 aliphatic rings. The van der Waals surface area contributed by atoms with E-state index in [1.165, 1.54) is 9.08 Å². The van der Waals surface area contributed by atoms with Gasteiger partial charge in [0.1, 0.15) is 5.82 Å². The molecule has 8 nitrogen and oxygen atoms in total. The zero-order valence-corrected chi connectivity index (χ0v) is 17.8. The molecular weight excluding hydrogens is 425 g/mol. The van der Waals surface area contributed by atoms with Gasteiger partial charge in [0.25, 0.3) is 5.78 Å². The number of ether oxygens (including phenoxy) is 1. The Balaban J connectivity index is 1.50. The van der Waals surface area contributed by atoms with Crippen molar-refractivity contribution in [1.29, 1.82) is 0 Å². The Hall–Kier alpha value is -2.95. The number of aryl methyl sites for hydroxylation is 1. The molecule has 0 spiro atoms. The van der Waals surface area contributed by atoms with Crippen molar-refractivity contribution in [2.75, 3.05) is 18.1 Å². The Labute approximate surface area is 181 Å². The van der Waals surface area contributed by atoms with E-state index in [1.54, 1.807) is 0 Å². The zero-order valence-electron chi connectivity index (χ0n) is 17.8. The quantitative estimate of drug-likeness (QED) is 0.613. The Morgan fingerprint density at radius 3 is 2.81 bits per heavy atom. The lowest BCUT2D eigenvalue weighted by atomic mass is 10.0. The maximum Gasteiger partial charge on any atom is 0.417 e. The van der Waals surface area contributed by atoms with Gasteiger partial charge in [-0.05, 0) is 38.3 Å². The van der Waals surface area contributed by atoms with Crippen molar-refractivity contribution in [3.63, 3.8) is 0 Å². The molecule has 0 amide bonds. The van der Waals surface area contributed by atoms with Gasteiger partial charge in [0.15, 0.2) is 0 Å². The fraction of sp³-hybridized carbons (Fsp3) is 0.524. The van der Waals surface area contributed by atoms with Crippen LogP contribution in [0, 0.1) is 13.8 Å². The number of fused-ring (bicyclic) bond motifs is 2. The molecule has 3 aromatic heterocycles. The number of halogens is 3. The highest BCUT2D eigenvalue weighted by atomic mass is 19.4. The summed E-state index contributed by atoms with van der Waals surface area (Å²) in [5.74, 6) is 0.895. The van der Waals surface area contributed by atoms with Gasteiger partial charge in [0, 0.05) is 49.3 Å². The van der Waals surface area contributed by atoms with E-state index in [-0.39, 0.29) is 24.1 Å². The topological polar surface area (TPSA) is 77.6 Å². The van der Waals surface area contributed by atoms with Crippen molar-refractivity contribution in [2.45, 2.75) is 58.5 Å². The first-order valence-electron chi connectivity index (χ1n) is 10.6. The summed E-state index contributed by atoms with van der Waals surface area (Å²) in [7, 11) is 0. The van der Waals surface area contributed by atoms with E-state index in [1.807, 2.05) is 18.7 Å². The van der Waals surface area contributed by atoms with Gasteiger partial charge in [0.05, 0.1) is 18.2 Å². The minimum absolute atomic E-state index is 0.0348. The van der Waals surface area contributed by atoms with Crippen LogP contribution in [0.1, 0.15) is 40.9 Å². The summed E-state index contributed by atoms with van der Waals surface area (Å²) in [5, 5.41) is 4.41. The molecule has 32 heavy (non-hydrogen) atoms. The lowest BCUT2D eigenvalue weighted by Crippen LogP contribution is -2.33. The second-order valence-electron chi connectivity index (χ2n) is 8.38. The van der Waals surface area contributed by atoms with Crippen LogP contribution in [-0.4, -0.2) is 43.4 Å². The second-order valence-corrected chi connectivity index (χ2v) is 8.38. The van der Waals surface area contributed by atoms with Crippen LogP contribution in [0.15, 0.2) is 17.1 Å². The van der Waals surface area contributed by atoms with E-state index in [0.717, 1.165) is 30.7 Å². The summed E-state index contributed by atoms with van der Waals surface area (Å²) in [6.07, 6.45) is -1.22. The van der Waals surface area contributed by atoms with Crippen molar-refractivity contribution in [3.05, 3.63) is 50.8 Å². The molecule has 1 atom stereocenters. The molecule has 11 heteroatoms. The Morgan fingerprint density at radius 2 is 2.09 bits per heavy atom. The molecule has 0 saturated carbocycles. The lowest BCUT2D eigenvalue weighted by molar-refractivity contribution is -0.137. The standard InChI is InChI=1S/C21H23F3N6O2/c1-12-13(2)30-19(27-29(20(30)31)11-16-4-3-7-32-16)26-18(12)28-6-5-17-14(10-28)8-15(9-25-17)21(22,23)24/h8-9,16H,3-7,10-11H2,1-2H3. The van der Waals surface area contributed by atoms with Gasteiger partial charge in [-0.1, -0.05) is 0 Å². The van der Waals surface area contributed by atoms with Crippen molar-refractivity contribution in [1.82, 2.24) is 24.1 Å². The highest BCUT2D eigenvalue weighted by Crippen LogP contribution is 2.32. The van der Waals surface area contributed by atoms with Crippen LogP contribution in [0.5, 0.6) is 0 Å². The van der Waals surface area contributed by atoms with E-state index < -0.39 is 11.7 Å². The fourth-order valence-electron chi connectivity index (χ4n) is 4.44. The van der Waals surface area contributed by atoms with Crippen LogP contribution in [0.3, 0.4) is 0 Å². The number of pyridine rings is 1. The Morgan fingerprint density at radius 1 is 1.28 bits per heavy atom. The van der Waals surface area contributed by atoms with E-state index in [4.69, 9.17) is 4.74 Å². The molecule has 5 heterocycles. The van der Waals surface area contributed by atoms with Gasteiger partial charge in [-0.25, -0.2) is 13.9 Å². The molecule has 1 unspecified atom stereocenters. The molecule has 0 N–H and O–H groups in total. The van der Waals surface area contributed by atoms with E-state index in [9.17, 15) is 18.0 Å². The third-order valence-corrected chi connectivity index (χ3v) is 6.31. The number of alkyl halides is 3. The van der Waals surface area contributed by atoms with Crippen LogP contribution < -0.4 is 10.6 Å². The first kappa shape index (κ1) is 20.9. The SMILES string of the molecule is Cc1c(N2CCc3ncc(C(F)(F)F)cc3C2)nc2nn(CC3CCCO3)c(=O)n2c1C. The van der Waals surface area contributed by atoms with Crippen LogP contribution in [-0.2, 0) is 30.4 Å². The molecule has 0 radical (unpaired) electrons. The summed E-state index contributed by atoms with van der Waals surface area (Å²) in [6, 6.07) is 1.16. The first-order valence-corrected chi connectivity index (χ1v) is 10.6. The number of rotatable bonds is 3. The van der Waals surface area contributed by atoms with Crippen LogP contribution in [0.2, 0.25) is 0 Å². The number of aromatic nitrogens is 5. The normalized spacial score (nSPS) is 19.0. The third-order valence-electron chi connectivity index (χ3n) is 6.31. The molecule has 170 valence electrons. The molecule has 2 aliphatic heterocycles. The highest BCUT2D eigenvalue weighted by Gasteiger charge is 2.33. The lowest BCUT2D eigenvalue weighted by Gasteiger charge is -2.31. The summed E-state index contributed by atoms with van der Waals surface area (Å²) in [5.41, 5.74) is 1.68. The number of hydrogen-bond donors (Lipinski definition) is 0. The van der Waals surface area contributed by atoms with Gasteiger partial charge >= 0.3 is 11.9 Å². The largest absolute Gasteiger partial charge is 0.417 e. The van der Waals surface area contributed by atoms with Crippen molar-refractivity contribution < 1.29 is 17.9 Å². The van der Waals surface area contributed by atoms with E-state index in [2.05, 4.69) is 15.1 Å². The summed E-state index contributed by atoms with van der Waals surface area (Å²) >= 11 is 0. The molecule has 1 fully saturated rings. The number of nitrogens with zero attached hydrogens (tertiary/aromatic N) is 6. The molecule has 0 aliphatic carbocycles. The highest BCUT2D eigenvalue weighted by molar-refractivity contribution is 5.55. The average Bonchev–Trinajstić information content (AvgIpc) is 3.37. The average molecular weight is 448 g/mol. The van der Waals surface area contributed by atoms with Gasteiger partial charge in [-0.15, -0.1) is 5.10 Å². The third kappa shape index (κ3) is 3.54. The Kier molecular flexibility index (Phi) is 4.95. The maximum atomic E-state index is 13.1. The second kappa shape index (κ2) is 7.58. The van der Waals surface area contributed by atoms with Crippen LogP contribution in [0.4, 0.5) is 19.0 Å². The smallest absolute Gasteiger partial charge is 0.376 e. The monoisotopic (exact) mass is 448 g/mol. The van der Waals surface area contributed by atoms with Crippen molar-refractivity contribution in [2.24, 2.45) is 0 Å². The van der Waals surface area contributed by atoms with Crippen molar-refractivity contribution >= 4 is 11.6 Å².